The fourth-order valence-corrected chi connectivity index (χ4v) is 3.06. The molecule has 2 heterocycles. The predicted octanol–water partition coefficient (Wildman–Crippen LogP) is 4.49. The minimum absolute atomic E-state index is 0.127. The minimum Gasteiger partial charge on any atom is -0.454 e. The fraction of sp³-hybridized carbons (Fsp3) is 0.0455. The lowest BCUT2D eigenvalue weighted by atomic mass is 10.2. The summed E-state index contributed by atoms with van der Waals surface area (Å²) in [5.74, 6) is 0.976. The number of fused-ring (bicyclic) bond motifs is 2. The molecular weight excluding hydrogens is 387 g/mol. The number of hydrogen-bond acceptors (Lipinski definition) is 6. The second-order valence-corrected chi connectivity index (χ2v) is 6.56. The van der Waals surface area contributed by atoms with Gasteiger partial charge in [0.1, 0.15) is 5.82 Å². The maximum Gasteiger partial charge on any atom is 0.257 e. The molecule has 148 valence electrons. The molecule has 0 saturated heterocycles. The number of halogens is 1. The molecule has 0 spiro atoms. The Labute approximate surface area is 170 Å². The van der Waals surface area contributed by atoms with Crippen molar-refractivity contribution in [3.8, 4) is 11.5 Å². The molecule has 0 fully saturated rings. The first kappa shape index (κ1) is 17.9. The molecule has 0 atom stereocenters. The van der Waals surface area contributed by atoms with Crippen LogP contribution in [0.3, 0.4) is 0 Å². The van der Waals surface area contributed by atoms with Crippen molar-refractivity contribution in [2.75, 3.05) is 17.4 Å². The third-order valence-electron chi connectivity index (χ3n) is 4.54. The second kappa shape index (κ2) is 7.32. The van der Waals surface area contributed by atoms with Crippen LogP contribution in [0.4, 0.5) is 21.7 Å². The van der Waals surface area contributed by atoms with E-state index >= 15 is 0 Å². The Bertz CT molecular complexity index is 1260. The number of carbonyl (C=O) groups is 1. The fourth-order valence-electron chi connectivity index (χ4n) is 3.06. The van der Waals surface area contributed by atoms with E-state index in [0.717, 1.165) is 0 Å². The summed E-state index contributed by atoms with van der Waals surface area (Å²) < 4.78 is 23.9. The van der Waals surface area contributed by atoms with Gasteiger partial charge in [-0.3, -0.25) is 4.79 Å². The molecule has 0 unspecified atom stereocenters. The Morgan fingerprint density at radius 1 is 0.867 bits per heavy atom. The first-order valence-electron chi connectivity index (χ1n) is 9.16. The molecule has 0 radical (unpaired) electrons. The molecule has 4 aromatic rings. The van der Waals surface area contributed by atoms with Gasteiger partial charge < -0.3 is 20.1 Å². The lowest BCUT2D eigenvalue weighted by Crippen LogP contribution is -2.15. The monoisotopic (exact) mass is 402 g/mol. The molecule has 1 amide bonds. The van der Waals surface area contributed by atoms with Crippen LogP contribution in [0.2, 0.25) is 0 Å². The van der Waals surface area contributed by atoms with E-state index in [4.69, 9.17) is 9.47 Å². The number of amides is 1. The van der Waals surface area contributed by atoms with Crippen molar-refractivity contribution in [2.24, 2.45) is 0 Å². The van der Waals surface area contributed by atoms with E-state index in [1.54, 1.807) is 36.4 Å². The zero-order valence-corrected chi connectivity index (χ0v) is 15.6. The van der Waals surface area contributed by atoms with E-state index < -0.39 is 0 Å². The van der Waals surface area contributed by atoms with Gasteiger partial charge in [0.15, 0.2) is 23.1 Å². The molecule has 30 heavy (non-hydrogen) atoms. The predicted molar refractivity (Wildman–Crippen MR) is 110 cm³/mol. The minimum atomic E-state index is -0.375. The van der Waals surface area contributed by atoms with Crippen LogP contribution >= 0.6 is 0 Å². The van der Waals surface area contributed by atoms with E-state index in [1.165, 1.54) is 12.1 Å². The summed E-state index contributed by atoms with van der Waals surface area (Å²) in [6.07, 6.45) is 0. The van der Waals surface area contributed by atoms with Crippen molar-refractivity contribution in [2.45, 2.75) is 0 Å². The summed E-state index contributed by atoms with van der Waals surface area (Å²) in [5.41, 5.74) is 2.29. The number of hydrogen-bond donors (Lipinski definition) is 2. The number of nitrogens with one attached hydrogen (secondary N) is 2. The molecule has 3 aromatic carbocycles. The maximum atomic E-state index is 13.2. The number of para-hydroxylation sites is 2. The molecule has 2 N–H and O–H groups in total. The molecule has 0 bridgehead atoms. The zero-order chi connectivity index (χ0) is 20.5. The Kier molecular flexibility index (Phi) is 4.36. The lowest BCUT2D eigenvalue weighted by Gasteiger charge is -2.13. The smallest absolute Gasteiger partial charge is 0.257 e. The quantitative estimate of drug-likeness (QED) is 0.523. The summed E-state index contributed by atoms with van der Waals surface area (Å²) in [6, 6.07) is 18.1. The highest BCUT2D eigenvalue weighted by Crippen LogP contribution is 2.33. The standard InChI is InChI=1S/C22H15FN4O3/c23-14-6-8-15(9-7-14)24-20-21(26-17-4-2-1-3-16(17)25-20)27-22(28)13-5-10-18-19(11-13)30-12-29-18/h1-11H,12H2,(H,24,25)(H,26,27,28). The zero-order valence-electron chi connectivity index (χ0n) is 15.6. The molecule has 1 aliphatic rings. The molecule has 1 aromatic heterocycles. The summed E-state index contributed by atoms with van der Waals surface area (Å²) >= 11 is 0. The lowest BCUT2D eigenvalue weighted by molar-refractivity contribution is 0.102. The average molecular weight is 402 g/mol. The van der Waals surface area contributed by atoms with Gasteiger partial charge >= 0.3 is 0 Å². The van der Waals surface area contributed by atoms with Crippen LogP contribution in [-0.4, -0.2) is 22.7 Å². The Balaban J connectivity index is 1.50. The van der Waals surface area contributed by atoms with Gasteiger partial charge in [-0.05, 0) is 54.6 Å². The summed E-state index contributed by atoms with van der Waals surface area (Å²) in [6.45, 7) is 0.127. The van der Waals surface area contributed by atoms with E-state index in [0.29, 0.717) is 39.6 Å². The van der Waals surface area contributed by atoms with Crippen molar-refractivity contribution < 1.29 is 18.7 Å². The number of nitrogens with zero attached hydrogens (tertiary/aromatic N) is 2. The number of ether oxygens (including phenoxy) is 2. The Morgan fingerprint density at radius 3 is 2.33 bits per heavy atom. The van der Waals surface area contributed by atoms with E-state index in [2.05, 4.69) is 20.6 Å². The summed E-state index contributed by atoms with van der Waals surface area (Å²) in [4.78, 5) is 22.0. The SMILES string of the molecule is O=C(Nc1nc2ccccc2nc1Nc1ccc(F)cc1)c1ccc2c(c1)OCO2. The van der Waals surface area contributed by atoms with E-state index in [-0.39, 0.29) is 24.3 Å². The largest absolute Gasteiger partial charge is 0.454 e. The van der Waals surface area contributed by atoms with Gasteiger partial charge in [0.05, 0.1) is 11.0 Å². The van der Waals surface area contributed by atoms with Gasteiger partial charge in [0.25, 0.3) is 5.91 Å². The molecule has 0 saturated carbocycles. The number of benzene rings is 3. The first-order valence-corrected chi connectivity index (χ1v) is 9.16. The molecule has 7 nitrogen and oxygen atoms in total. The van der Waals surface area contributed by atoms with Crippen LogP contribution in [0.15, 0.2) is 66.7 Å². The van der Waals surface area contributed by atoms with Crippen LogP contribution < -0.4 is 20.1 Å². The van der Waals surface area contributed by atoms with Crippen LogP contribution in [0.25, 0.3) is 11.0 Å². The maximum absolute atomic E-state index is 13.2. The summed E-state index contributed by atoms with van der Waals surface area (Å²) in [5, 5.41) is 5.89. The molecule has 5 rings (SSSR count). The van der Waals surface area contributed by atoms with Gasteiger partial charge in [-0.1, -0.05) is 12.1 Å². The number of aromatic nitrogens is 2. The highest BCUT2D eigenvalue weighted by molar-refractivity contribution is 6.06. The van der Waals surface area contributed by atoms with Crippen molar-refractivity contribution in [3.63, 3.8) is 0 Å². The van der Waals surface area contributed by atoms with Crippen LogP contribution in [0.1, 0.15) is 10.4 Å². The molecular formula is C22H15FN4O3. The number of anilines is 3. The van der Waals surface area contributed by atoms with Gasteiger partial charge in [0, 0.05) is 11.3 Å². The molecule has 1 aliphatic heterocycles. The number of carbonyl (C=O) groups excluding carboxylic acids is 1. The van der Waals surface area contributed by atoms with Gasteiger partial charge in [0.2, 0.25) is 6.79 Å². The van der Waals surface area contributed by atoms with Crippen molar-refractivity contribution in [1.82, 2.24) is 9.97 Å². The van der Waals surface area contributed by atoms with Crippen LogP contribution in [0, 0.1) is 5.82 Å². The average Bonchev–Trinajstić information content (AvgIpc) is 3.23. The van der Waals surface area contributed by atoms with E-state index in [9.17, 15) is 9.18 Å². The Hall–Kier alpha value is -4.20. The highest BCUT2D eigenvalue weighted by Gasteiger charge is 2.18. The van der Waals surface area contributed by atoms with Crippen molar-refractivity contribution in [3.05, 3.63) is 78.1 Å². The van der Waals surface area contributed by atoms with Gasteiger partial charge in [-0.2, -0.15) is 0 Å². The Morgan fingerprint density at radius 2 is 1.57 bits per heavy atom. The normalized spacial score (nSPS) is 12.0. The van der Waals surface area contributed by atoms with Crippen LogP contribution in [-0.2, 0) is 0 Å². The highest BCUT2D eigenvalue weighted by atomic mass is 19.1. The van der Waals surface area contributed by atoms with Crippen molar-refractivity contribution >= 4 is 34.3 Å². The first-order chi connectivity index (χ1) is 14.7. The van der Waals surface area contributed by atoms with Gasteiger partial charge in [-0.25, -0.2) is 14.4 Å². The third kappa shape index (κ3) is 3.46. The molecule has 0 aliphatic carbocycles. The number of rotatable bonds is 4. The van der Waals surface area contributed by atoms with E-state index in [1.807, 2.05) is 18.2 Å². The second-order valence-electron chi connectivity index (χ2n) is 6.56. The molecule has 8 heteroatoms. The third-order valence-corrected chi connectivity index (χ3v) is 4.54. The van der Waals surface area contributed by atoms with Crippen molar-refractivity contribution in [1.29, 1.82) is 0 Å². The summed E-state index contributed by atoms with van der Waals surface area (Å²) in [7, 11) is 0. The van der Waals surface area contributed by atoms with Crippen LogP contribution in [0.5, 0.6) is 11.5 Å². The topological polar surface area (TPSA) is 85.4 Å². The van der Waals surface area contributed by atoms with Gasteiger partial charge in [-0.15, -0.1) is 0 Å².